The molecule has 0 spiro atoms. The van der Waals surface area contributed by atoms with Gasteiger partial charge in [-0.05, 0) is 25.1 Å². The van der Waals surface area contributed by atoms with Gasteiger partial charge in [0, 0.05) is 18.2 Å². The van der Waals surface area contributed by atoms with Crippen molar-refractivity contribution in [3.05, 3.63) is 28.5 Å². The standard InChI is InChI=1S/C14H19ClFNO3S/c1-3-17(10-6-7-21(18,19)9-10)8-11-12(16)4-5-13(20-2)14(11)15/h4-5,10H,3,6-9H2,1-2H3/t10-/m1/s1. The minimum Gasteiger partial charge on any atom is -0.495 e. The van der Waals surface area contributed by atoms with E-state index in [9.17, 15) is 12.8 Å². The first-order valence-corrected chi connectivity index (χ1v) is 9.03. The molecule has 0 amide bonds. The van der Waals surface area contributed by atoms with Crippen LogP contribution in [-0.4, -0.2) is 44.5 Å². The molecule has 118 valence electrons. The molecule has 0 aliphatic carbocycles. The number of rotatable bonds is 5. The van der Waals surface area contributed by atoms with Crippen LogP contribution in [0, 0.1) is 5.82 Å². The summed E-state index contributed by atoms with van der Waals surface area (Å²) < 4.78 is 42.3. The molecule has 1 aliphatic heterocycles. The van der Waals surface area contributed by atoms with Crippen molar-refractivity contribution in [2.75, 3.05) is 25.2 Å². The van der Waals surface area contributed by atoms with Crippen molar-refractivity contribution in [3.8, 4) is 5.75 Å². The molecule has 1 atom stereocenters. The Balaban J connectivity index is 2.23. The molecule has 1 aromatic carbocycles. The molecule has 0 N–H and O–H groups in total. The SMILES string of the molecule is CCN(Cc1c(F)ccc(OC)c1Cl)[C@@H]1CCS(=O)(=O)C1. The van der Waals surface area contributed by atoms with Crippen LogP contribution in [-0.2, 0) is 16.4 Å². The Hall–Kier alpha value is -0.850. The van der Waals surface area contributed by atoms with E-state index in [4.69, 9.17) is 16.3 Å². The predicted molar refractivity (Wildman–Crippen MR) is 81.1 cm³/mol. The molecule has 1 heterocycles. The van der Waals surface area contributed by atoms with Gasteiger partial charge in [0.15, 0.2) is 9.84 Å². The van der Waals surface area contributed by atoms with Gasteiger partial charge in [0.05, 0.1) is 23.6 Å². The Bertz CT molecular complexity index is 621. The molecule has 0 saturated carbocycles. The lowest BCUT2D eigenvalue weighted by Gasteiger charge is -2.27. The third kappa shape index (κ3) is 3.67. The Labute approximate surface area is 129 Å². The summed E-state index contributed by atoms with van der Waals surface area (Å²) in [6.07, 6.45) is 0.583. The Morgan fingerprint density at radius 3 is 2.71 bits per heavy atom. The molecule has 0 unspecified atom stereocenters. The Kier molecular flexibility index (Phi) is 5.11. The summed E-state index contributed by atoms with van der Waals surface area (Å²) in [7, 11) is -1.49. The summed E-state index contributed by atoms with van der Waals surface area (Å²) in [6.45, 7) is 2.84. The highest BCUT2D eigenvalue weighted by Crippen LogP contribution is 2.32. The number of nitrogens with zero attached hydrogens (tertiary/aromatic N) is 1. The number of hydrogen-bond acceptors (Lipinski definition) is 4. The van der Waals surface area contributed by atoms with E-state index in [-0.39, 0.29) is 29.1 Å². The highest BCUT2D eigenvalue weighted by molar-refractivity contribution is 7.91. The third-order valence-corrected chi connectivity index (χ3v) is 6.03. The fraction of sp³-hybridized carbons (Fsp3) is 0.571. The fourth-order valence-electron chi connectivity index (χ4n) is 2.64. The van der Waals surface area contributed by atoms with Gasteiger partial charge in [0.2, 0.25) is 0 Å². The number of ether oxygens (including phenoxy) is 1. The average molecular weight is 336 g/mol. The van der Waals surface area contributed by atoms with Crippen LogP contribution in [0.25, 0.3) is 0 Å². The zero-order valence-electron chi connectivity index (χ0n) is 12.1. The number of sulfone groups is 1. The van der Waals surface area contributed by atoms with Gasteiger partial charge >= 0.3 is 0 Å². The third-order valence-electron chi connectivity index (χ3n) is 3.86. The monoisotopic (exact) mass is 335 g/mol. The van der Waals surface area contributed by atoms with Crippen molar-refractivity contribution in [3.63, 3.8) is 0 Å². The second-order valence-electron chi connectivity index (χ2n) is 5.16. The first-order valence-electron chi connectivity index (χ1n) is 6.83. The van der Waals surface area contributed by atoms with Crippen LogP contribution in [0.3, 0.4) is 0 Å². The lowest BCUT2D eigenvalue weighted by atomic mass is 10.1. The van der Waals surface area contributed by atoms with E-state index in [2.05, 4.69) is 0 Å². The highest BCUT2D eigenvalue weighted by atomic mass is 35.5. The van der Waals surface area contributed by atoms with Gasteiger partial charge in [-0.3, -0.25) is 4.90 Å². The lowest BCUT2D eigenvalue weighted by Crippen LogP contribution is -2.35. The Morgan fingerprint density at radius 2 is 2.19 bits per heavy atom. The molecule has 0 bridgehead atoms. The summed E-state index contributed by atoms with van der Waals surface area (Å²) >= 11 is 6.17. The predicted octanol–water partition coefficient (Wildman–Crippen LogP) is 2.50. The molecule has 1 aliphatic rings. The molecule has 4 nitrogen and oxygen atoms in total. The largest absolute Gasteiger partial charge is 0.495 e. The van der Waals surface area contributed by atoms with Crippen LogP contribution >= 0.6 is 11.6 Å². The van der Waals surface area contributed by atoms with Gasteiger partial charge in [-0.25, -0.2) is 12.8 Å². The fourth-order valence-corrected chi connectivity index (χ4v) is 4.70. The average Bonchev–Trinajstić information content (AvgIpc) is 2.79. The van der Waals surface area contributed by atoms with Gasteiger partial charge in [-0.2, -0.15) is 0 Å². The first kappa shape index (κ1) is 16.5. The topological polar surface area (TPSA) is 46.6 Å². The number of benzene rings is 1. The van der Waals surface area contributed by atoms with E-state index in [1.54, 1.807) is 0 Å². The van der Waals surface area contributed by atoms with Gasteiger partial charge in [-0.15, -0.1) is 0 Å². The van der Waals surface area contributed by atoms with Crippen LogP contribution in [0.4, 0.5) is 4.39 Å². The second-order valence-corrected chi connectivity index (χ2v) is 7.77. The van der Waals surface area contributed by atoms with Gasteiger partial charge < -0.3 is 4.74 Å². The van der Waals surface area contributed by atoms with E-state index in [1.165, 1.54) is 19.2 Å². The van der Waals surface area contributed by atoms with Crippen molar-refractivity contribution in [2.45, 2.75) is 25.9 Å². The maximum absolute atomic E-state index is 14.0. The highest BCUT2D eigenvalue weighted by Gasteiger charge is 2.32. The van der Waals surface area contributed by atoms with Crippen molar-refractivity contribution in [1.82, 2.24) is 4.90 Å². The van der Waals surface area contributed by atoms with Crippen LogP contribution in [0.5, 0.6) is 5.75 Å². The number of halogens is 2. The van der Waals surface area contributed by atoms with Crippen LogP contribution < -0.4 is 4.74 Å². The van der Waals surface area contributed by atoms with Crippen LogP contribution in [0.2, 0.25) is 5.02 Å². The van der Waals surface area contributed by atoms with Crippen molar-refractivity contribution in [2.24, 2.45) is 0 Å². The van der Waals surface area contributed by atoms with Crippen LogP contribution in [0.15, 0.2) is 12.1 Å². The minimum absolute atomic E-state index is 0.0818. The molecular weight excluding hydrogens is 317 g/mol. The summed E-state index contributed by atoms with van der Waals surface area (Å²) in [5.74, 6) is 0.343. The zero-order valence-corrected chi connectivity index (χ0v) is 13.7. The molecule has 0 aromatic heterocycles. The molecule has 1 fully saturated rings. The van der Waals surface area contributed by atoms with Crippen molar-refractivity contribution >= 4 is 21.4 Å². The first-order chi connectivity index (χ1) is 9.88. The van der Waals surface area contributed by atoms with E-state index in [0.29, 0.717) is 24.3 Å². The molecule has 1 aromatic rings. The second kappa shape index (κ2) is 6.50. The summed E-state index contributed by atoms with van der Waals surface area (Å²) in [5, 5.41) is 0.247. The van der Waals surface area contributed by atoms with E-state index < -0.39 is 15.7 Å². The van der Waals surface area contributed by atoms with E-state index >= 15 is 0 Å². The molecule has 21 heavy (non-hydrogen) atoms. The normalized spacial score (nSPS) is 20.9. The quantitative estimate of drug-likeness (QED) is 0.829. The summed E-state index contributed by atoms with van der Waals surface area (Å²) in [6, 6.07) is 2.72. The summed E-state index contributed by atoms with van der Waals surface area (Å²) in [5.41, 5.74) is 0.349. The molecule has 7 heteroatoms. The molecule has 1 saturated heterocycles. The smallest absolute Gasteiger partial charge is 0.151 e. The molecule has 0 radical (unpaired) electrons. The summed E-state index contributed by atoms with van der Waals surface area (Å²) in [4.78, 5) is 1.95. The maximum Gasteiger partial charge on any atom is 0.151 e. The van der Waals surface area contributed by atoms with Gasteiger partial charge in [0.25, 0.3) is 0 Å². The minimum atomic E-state index is -2.97. The van der Waals surface area contributed by atoms with Crippen molar-refractivity contribution in [1.29, 1.82) is 0 Å². The zero-order chi connectivity index (χ0) is 15.6. The number of methoxy groups -OCH3 is 1. The van der Waals surface area contributed by atoms with E-state index in [1.807, 2.05) is 11.8 Å². The number of hydrogen-bond donors (Lipinski definition) is 0. The Morgan fingerprint density at radius 1 is 1.48 bits per heavy atom. The molecular formula is C14H19ClFNO3S. The molecule has 2 rings (SSSR count). The van der Waals surface area contributed by atoms with Crippen LogP contribution in [0.1, 0.15) is 18.9 Å². The maximum atomic E-state index is 14.0. The lowest BCUT2D eigenvalue weighted by molar-refractivity contribution is 0.212. The van der Waals surface area contributed by atoms with Gasteiger partial charge in [-0.1, -0.05) is 18.5 Å². The van der Waals surface area contributed by atoms with E-state index in [0.717, 1.165) is 0 Å². The van der Waals surface area contributed by atoms with Crippen molar-refractivity contribution < 1.29 is 17.5 Å². The van der Waals surface area contributed by atoms with Gasteiger partial charge in [0.1, 0.15) is 11.6 Å².